The van der Waals surface area contributed by atoms with E-state index in [0.717, 1.165) is 24.4 Å². The summed E-state index contributed by atoms with van der Waals surface area (Å²) >= 11 is 5.16. The van der Waals surface area contributed by atoms with E-state index in [1.807, 2.05) is 37.3 Å². The predicted molar refractivity (Wildman–Crippen MR) is 84.8 cm³/mol. The van der Waals surface area contributed by atoms with E-state index in [1.54, 1.807) is 6.26 Å². The lowest BCUT2D eigenvalue weighted by atomic mass is 10.1. The summed E-state index contributed by atoms with van der Waals surface area (Å²) in [4.78, 5) is 0. The summed E-state index contributed by atoms with van der Waals surface area (Å²) in [6.07, 6.45) is 2.54. The van der Waals surface area contributed by atoms with E-state index in [9.17, 15) is 0 Å². The summed E-state index contributed by atoms with van der Waals surface area (Å²) in [5.41, 5.74) is 4.83. The fraction of sp³-hybridized carbons (Fsp3) is 0.200. The van der Waals surface area contributed by atoms with E-state index in [1.165, 1.54) is 5.56 Å². The Hall–Kier alpha value is -2.14. The van der Waals surface area contributed by atoms with Crippen LogP contribution in [0.5, 0.6) is 0 Å². The van der Waals surface area contributed by atoms with Crippen LogP contribution in [0.15, 0.2) is 58.2 Å². The molecule has 0 saturated heterocycles. The van der Waals surface area contributed by atoms with E-state index in [2.05, 4.69) is 28.0 Å². The van der Waals surface area contributed by atoms with Crippen molar-refractivity contribution in [2.45, 2.75) is 13.3 Å². The van der Waals surface area contributed by atoms with Crippen LogP contribution in [0.4, 0.5) is 0 Å². The number of furan rings is 1. The van der Waals surface area contributed by atoms with Crippen molar-refractivity contribution in [2.75, 3.05) is 6.54 Å². The SMILES string of the molecule is C/C(=N\NC(=S)NCCc1ccccc1)c1ccco1. The molecule has 0 aliphatic rings. The average molecular weight is 287 g/mol. The molecule has 104 valence electrons. The molecule has 20 heavy (non-hydrogen) atoms. The van der Waals surface area contributed by atoms with Gasteiger partial charge in [0.05, 0.1) is 6.26 Å². The molecule has 0 amide bonds. The highest BCUT2D eigenvalue weighted by atomic mass is 32.1. The number of hydrazone groups is 1. The fourth-order valence-electron chi connectivity index (χ4n) is 1.68. The van der Waals surface area contributed by atoms with E-state index in [0.29, 0.717) is 5.11 Å². The Kier molecular flexibility index (Phi) is 5.32. The maximum atomic E-state index is 5.23. The normalized spacial score (nSPS) is 11.2. The molecule has 0 bridgehead atoms. The highest BCUT2D eigenvalue weighted by Gasteiger charge is 2.00. The lowest BCUT2D eigenvalue weighted by Gasteiger charge is -2.07. The lowest BCUT2D eigenvalue weighted by Crippen LogP contribution is -2.33. The van der Waals surface area contributed by atoms with Gasteiger partial charge in [0, 0.05) is 6.54 Å². The Balaban J connectivity index is 1.72. The summed E-state index contributed by atoms with van der Waals surface area (Å²) < 4.78 is 5.23. The van der Waals surface area contributed by atoms with Crippen LogP contribution in [-0.2, 0) is 6.42 Å². The highest BCUT2D eigenvalue weighted by molar-refractivity contribution is 7.80. The minimum atomic E-state index is 0.506. The first-order valence-corrected chi connectivity index (χ1v) is 6.82. The maximum Gasteiger partial charge on any atom is 0.186 e. The van der Waals surface area contributed by atoms with Crippen LogP contribution in [0.1, 0.15) is 18.2 Å². The van der Waals surface area contributed by atoms with Gasteiger partial charge in [-0.05, 0) is 43.3 Å². The third kappa shape index (κ3) is 4.51. The smallest absolute Gasteiger partial charge is 0.186 e. The summed E-state index contributed by atoms with van der Waals surface area (Å²) in [5, 5.41) is 7.78. The third-order valence-electron chi connectivity index (χ3n) is 2.74. The molecular weight excluding hydrogens is 270 g/mol. The van der Waals surface area contributed by atoms with Gasteiger partial charge < -0.3 is 9.73 Å². The van der Waals surface area contributed by atoms with Crippen molar-refractivity contribution in [1.82, 2.24) is 10.7 Å². The number of hydrogen-bond acceptors (Lipinski definition) is 3. The van der Waals surface area contributed by atoms with Gasteiger partial charge in [-0.25, -0.2) is 0 Å². The van der Waals surface area contributed by atoms with Crippen LogP contribution in [0, 0.1) is 0 Å². The first-order valence-electron chi connectivity index (χ1n) is 6.41. The van der Waals surface area contributed by atoms with Gasteiger partial charge in [-0.15, -0.1) is 0 Å². The zero-order valence-corrected chi connectivity index (χ0v) is 12.1. The lowest BCUT2D eigenvalue weighted by molar-refractivity contribution is 0.556. The molecule has 1 heterocycles. The van der Waals surface area contributed by atoms with Crippen LogP contribution >= 0.6 is 12.2 Å². The Morgan fingerprint density at radius 1 is 1.20 bits per heavy atom. The molecule has 0 saturated carbocycles. The molecule has 5 heteroatoms. The van der Waals surface area contributed by atoms with Crippen LogP contribution in [0.3, 0.4) is 0 Å². The van der Waals surface area contributed by atoms with E-state index >= 15 is 0 Å². The molecule has 0 aliphatic heterocycles. The molecule has 2 N–H and O–H groups in total. The van der Waals surface area contributed by atoms with Crippen LogP contribution in [0.25, 0.3) is 0 Å². The maximum absolute atomic E-state index is 5.23. The number of nitrogens with zero attached hydrogens (tertiary/aromatic N) is 1. The van der Waals surface area contributed by atoms with Crippen molar-refractivity contribution in [3.05, 3.63) is 60.1 Å². The van der Waals surface area contributed by atoms with Gasteiger partial charge in [-0.2, -0.15) is 5.10 Å². The Labute approximate surface area is 123 Å². The number of thiocarbonyl (C=S) groups is 1. The largest absolute Gasteiger partial charge is 0.463 e. The topological polar surface area (TPSA) is 49.6 Å². The van der Waals surface area contributed by atoms with Gasteiger partial charge in [-0.1, -0.05) is 30.3 Å². The van der Waals surface area contributed by atoms with Crippen molar-refractivity contribution < 1.29 is 4.42 Å². The molecule has 1 aromatic carbocycles. The molecule has 0 fully saturated rings. The van der Waals surface area contributed by atoms with Crippen molar-refractivity contribution >= 4 is 23.0 Å². The molecule has 0 radical (unpaired) electrons. The number of rotatable bonds is 5. The number of nitrogens with one attached hydrogen (secondary N) is 2. The standard InChI is InChI=1S/C15H17N3OS/c1-12(14-8-5-11-19-14)17-18-15(20)16-10-9-13-6-3-2-4-7-13/h2-8,11H,9-10H2,1H3,(H2,16,18,20)/b17-12+. The summed E-state index contributed by atoms with van der Waals surface area (Å²) in [5.74, 6) is 0.726. The minimum Gasteiger partial charge on any atom is -0.463 e. The average Bonchev–Trinajstić information content (AvgIpc) is 3.00. The molecule has 0 unspecified atom stereocenters. The summed E-state index contributed by atoms with van der Waals surface area (Å²) in [6.45, 7) is 2.63. The molecule has 2 rings (SSSR count). The minimum absolute atomic E-state index is 0.506. The molecule has 0 aliphatic carbocycles. The van der Waals surface area contributed by atoms with Crippen molar-refractivity contribution in [1.29, 1.82) is 0 Å². The first kappa shape index (κ1) is 14.3. The molecular formula is C15H17N3OS. The second-order valence-electron chi connectivity index (χ2n) is 4.28. The molecule has 4 nitrogen and oxygen atoms in total. The van der Waals surface area contributed by atoms with Gasteiger partial charge in [0.2, 0.25) is 0 Å². The summed E-state index contributed by atoms with van der Waals surface area (Å²) in [6, 6.07) is 13.9. The fourth-order valence-corrected chi connectivity index (χ4v) is 1.83. The van der Waals surface area contributed by atoms with E-state index in [-0.39, 0.29) is 0 Å². The zero-order valence-electron chi connectivity index (χ0n) is 11.3. The second kappa shape index (κ2) is 7.45. The second-order valence-corrected chi connectivity index (χ2v) is 4.69. The Morgan fingerprint density at radius 3 is 2.70 bits per heavy atom. The molecule has 1 aromatic heterocycles. The van der Waals surface area contributed by atoms with Gasteiger partial charge in [-0.3, -0.25) is 5.43 Å². The van der Waals surface area contributed by atoms with Gasteiger partial charge >= 0.3 is 0 Å². The van der Waals surface area contributed by atoms with Crippen LogP contribution in [0.2, 0.25) is 0 Å². The van der Waals surface area contributed by atoms with E-state index in [4.69, 9.17) is 16.6 Å². The summed E-state index contributed by atoms with van der Waals surface area (Å²) in [7, 11) is 0. The Bertz CT molecular complexity index is 564. The molecule has 0 atom stereocenters. The first-order chi connectivity index (χ1) is 9.75. The van der Waals surface area contributed by atoms with E-state index < -0.39 is 0 Å². The zero-order chi connectivity index (χ0) is 14.2. The Morgan fingerprint density at radius 2 is 2.00 bits per heavy atom. The number of hydrogen-bond donors (Lipinski definition) is 2. The molecule has 2 aromatic rings. The van der Waals surface area contributed by atoms with Gasteiger partial charge in [0.1, 0.15) is 11.5 Å². The monoisotopic (exact) mass is 287 g/mol. The highest BCUT2D eigenvalue weighted by Crippen LogP contribution is 2.01. The van der Waals surface area contributed by atoms with Crippen LogP contribution in [-0.4, -0.2) is 17.4 Å². The quantitative estimate of drug-likeness (QED) is 0.504. The molecule has 0 spiro atoms. The van der Waals surface area contributed by atoms with Gasteiger partial charge in [0.25, 0.3) is 0 Å². The van der Waals surface area contributed by atoms with Gasteiger partial charge in [0.15, 0.2) is 5.11 Å². The third-order valence-corrected chi connectivity index (χ3v) is 2.98. The predicted octanol–water partition coefficient (Wildman–Crippen LogP) is 2.71. The van der Waals surface area contributed by atoms with Crippen LogP contribution < -0.4 is 10.7 Å². The van der Waals surface area contributed by atoms with Crippen molar-refractivity contribution in [3.63, 3.8) is 0 Å². The van der Waals surface area contributed by atoms with Crippen molar-refractivity contribution in [2.24, 2.45) is 5.10 Å². The number of benzene rings is 1. The van der Waals surface area contributed by atoms with Crippen molar-refractivity contribution in [3.8, 4) is 0 Å².